The van der Waals surface area contributed by atoms with Crippen molar-refractivity contribution in [2.45, 2.75) is 19.3 Å². The third-order valence-electron chi connectivity index (χ3n) is 2.01. The molecule has 0 spiro atoms. The van der Waals surface area contributed by atoms with Crippen molar-refractivity contribution >= 4 is 0 Å². The van der Waals surface area contributed by atoms with Gasteiger partial charge in [0.15, 0.2) is 11.6 Å². The molecule has 1 N–H and O–H groups in total. The number of nitrogens with zero attached hydrogens (tertiary/aromatic N) is 1. The van der Waals surface area contributed by atoms with Crippen LogP contribution in [0.2, 0.25) is 0 Å². The molecule has 0 aliphatic heterocycles. The van der Waals surface area contributed by atoms with E-state index in [1.807, 2.05) is 6.07 Å². The first-order chi connectivity index (χ1) is 6.60. The smallest absolute Gasteiger partial charge is 0.162 e. The summed E-state index contributed by atoms with van der Waals surface area (Å²) >= 11 is 0. The maximum atomic E-state index is 12.8. The van der Waals surface area contributed by atoms with Crippen LogP contribution >= 0.6 is 0 Å². The first-order valence-electron chi connectivity index (χ1n) is 4.17. The Bertz CT molecular complexity index is 384. The molecule has 74 valence electrons. The number of hydrogen-bond donors (Lipinski definition) is 1. The minimum Gasteiger partial charge on any atom is -0.508 e. The third kappa shape index (κ3) is 1.82. The first-order valence-corrected chi connectivity index (χ1v) is 4.17. The van der Waals surface area contributed by atoms with Crippen LogP contribution in [-0.4, -0.2) is 5.11 Å². The summed E-state index contributed by atoms with van der Waals surface area (Å²) in [5, 5.41) is 18.0. The Labute approximate surface area is 80.4 Å². The molecule has 4 heteroatoms. The quantitative estimate of drug-likeness (QED) is 0.792. The predicted octanol–water partition coefficient (Wildman–Crippen LogP) is 2.69. The molecule has 1 atom stereocenters. The van der Waals surface area contributed by atoms with E-state index in [2.05, 4.69) is 0 Å². The molecular weight excluding hydrogens is 188 g/mol. The molecule has 0 radical (unpaired) electrons. The zero-order valence-electron chi connectivity index (χ0n) is 7.59. The van der Waals surface area contributed by atoms with Crippen LogP contribution in [0, 0.1) is 23.0 Å². The van der Waals surface area contributed by atoms with E-state index in [4.69, 9.17) is 5.26 Å². The van der Waals surface area contributed by atoms with Crippen LogP contribution in [0.1, 0.15) is 24.8 Å². The van der Waals surface area contributed by atoms with Gasteiger partial charge in [0.1, 0.15) is 5.75 Å². The number of rotatable bonds is 2. The minimum absolute atomic E-state index is 0.133. The Morgan fingerprint density at radius 1 is 1.43 bits per heavy atom. The second kappa shape index (κ2) is 4.05. The van der Waals surface area contributed by atoms with E-state index in [0.29, 0.717) is 12.5 Å². The predicted molar refractivity (Wildman–Crippen MR) is 46.7 cm³/mol. The number of phenols is 1. The summed E-state index contributed by atoms with van der Waals surface area (Å²) in [7, 11) is 0. The van der Waals surface area contributed by atoms with Crippen LogP contribution in [0.25, 0.3) is 0 Å². The SMILES string of the molecule is CCC(C#N)c1cc(F)c(F)cc1O. The van der Waals surface area contributed by atoms with E-state index < -0.39 is 17.6 Å². The average molecular weight is 197 g/mol. The van der Waals surface area contributed by atoms with Gasteiger partial charge >= 0.3 is 0 Å². The van der Waals surface area contributed by atoms with Crippen molar-refractivity contribution in [2.24, 2.45) is 0 Å². The molecule has 1 aromatic carbocycles. The summed E-state index contributed by atoms with van der Waals surface area (Å²) in [4.78, 5) is 0. The lowest BCUT2D eigenvalue weighted by Crippen LogP contribution is -1.97. The number of aromatic hydroxyl groups is 1. The Balaban J connectivity index is 3.22. The van der Waals surface area contributed by atoms with Gasteiger partial charge in [0.2, 0.25) is 0 Å². The van der Waals surface area contributed by atoms with Gasteiger partial charge in [-0.1, -0.05) is 6.92 Å². The molecule has 0 bridgehead atoms. The van der Waals surface area contributed by atoms with E-state index in [0.717, 1.165) is 6.07 Å². The van der Waals surface area contributed by atoms with E-state index in [1.165, 1.54) is 0 Å². The number of hydrogen-bond acceptors (Lipinski definition) is 2. The van der Waals surface area contributed by atoms with Gasteiger partial charge in [0.25, 0.3) is 0 Å². The second-order valence-corrected chi connectivity index (χ2v) is 2.92. The van der Waals surface area contributed by atoms with E-state index >= 15 is 0 Å². The van der Waals surface area contributed by atoms with Crippen LogP contribution in [0.3, 0.4) is 0 Å². The molecule has 1 aromatic rings. The maximum absolute atomic E-state index is 12.8. The van der Waals surface area contributed by atoms with Crippen molar-refractivity contribution in [1.82, 2.24) is 0 Å². The van der Waals surface area contributed by atoms with Crippen LogP contribution in [0.4, 0.5) is 8.78 Å². The molecule has 0 heterocycles. The van der Waals surface area contributed by atoms with Gasteiger partial charge < -0.3 is 5.11 Å². The van der Waals surface area contributed by atoms with Crippen molar-refractivity contribution in [2.75, 3.05) is 0 Å². The fraction of sp³-hybridized carbons (Fsp3) is 0.300. The standard InChI is InChI=1S/C10H9F2NO/c1-2-6(5-13)7-3-8(11)9(12)4-10(7)14/h3-4,6,14H,2H2,1H3. The molecule has 1 rings (SSSR count). The summed E-state index contributed by atoms with van der Waals surface area (Å²) in [6, 6.07) is 3.45. The Kier molecular flexibility index (Phi) is 3.03. The topological polar surface area (TPSA) is 44.0 Å². The highest BCUT2D eigenvalue weighted by atomic mass is 19.2. The Morgan fingerprint density at radius 2 is 2.00 bits per heavy atom. The molecule has 2 nitrogen and oxygen atoms in total. The fourth-order valence-corrected chi connectivity index (χ4v) is 1.21. The summed E-state index contributed by atoms with van der Waals surface area (Å²) in [5.74, 6) is -3.15. The molecule has 0 saturated carbocycles. The lowest BCUT2D eigenvalue weighted by Gasteiger charge is -2.08. The summed E-state index contributed by atoms with van der Waals surface area (Å²) in [6.07, 6.45) is 0.440. The molecule has 0 aromatic heterocycles. The minimum atomic E-state index is -1.11. The Morgan fingerprint density at radius 3 is 2.50 bits per heavy atom. The number of nitriles is 1. The number of phenolic OH excluding ortho intramolecular Hbond substituents is 1. The molecule has 0 aliphatic rings. The molecule has 0 saturated heterocycles. The van der Waals surface area contributed by atoms with E-state index in [9.17, 15) is 13.9 Å². The molecule has 0 amide bonds. The van der Waals surface area contributed by atoms with Gasteiger partial charge in [-0.25, -0.2) is 8.78 Å². The van der Waals surface area contributed by atoms with Crippen LogP contribution in [0.15, 0.2) is 12.1 Å². The zero-order valence-corrected chi connectivity index (χ0v) is 7.59. The monoisotopic (exact) mass is 197 g/mol. The summed E-state index contributed by atoms with van der Waals surface area (Å²) in [5.41, 5.74) is 0.133. The number of halogens is 2. The number of benzene rings is 1. The highest BCUT2D eigenvalue weighted by Gasteiger charge is 2.16. The van der Waals surface area contributed by atoms with Gasteiger partial charge in [-0.2, -0.15) is 5.26 Å². The average Bonchev–Trinajstić information content (AvgIpc) is 2.15. The molecule has 0 fully saturated rings. The molecule has 14 heavy (non-hydrogen) atoms. The van der Waals surface area contributed by atoms with Crippen molar-refractivity contribution in [1.29, 1.82) is 5.26 Å². The second-order valence-electron chi connectivity index (χ2n) is 2.92. The van der Waals surface area contributed by atoms with Crippen LogP contribution in [-0.2, 0) is 0 Å². The molecule has 1 unspecified atom stereocenters. The lowest BCUT2D eigenvalue weighted by atomic mass is 9.97. The van der Waals surface area contributed by atoms with E-state index in [-0.39, 0.29) is 11.3 Å². The van der Waals surface area contributed by atoms with Gasteiger partial charge in [-0.05, 0) is 12.5 Å². The largest absolute Gasteiger partial charge is 0.508 e. The van der Waals surface area contributed by atoms with Crippen LogP contribution in [0.5, 0.6) is 5.75 Å². The van der Waals surface area contributed by atoms with Gasteiger partial charge in [-0.3, -0.25) is 0 Å². The molecular formula is C10H9F2NO. The van der Waals surface area contributed by atoms with Crippen molar-refractivity contribution in [3.05, 3.63) is 29.3 Å². The highest BCUT2D eigenvalue weighted by molar-refractivity contribution is 5.38. The van der Waals surface area contributed by atoms with E-state index in [1.54, 1.807) is 6.92 Å². The fourth-order valence-electron chi connectivity index (χ4n) is 1.21. The Hall–Kier alpha value is -1.63. The van der Waals surface area contributed by atoms with Gasteiger partial charge in [0.05, 0.1) is 12.0 Å². The van der Waals surface area contributed by atoms with Gasteiger partial charge in [0, 0.05) is 11.6 Å². The zero-order chi connectivity index (χ0) is 10.7. The van der Waals surface area contributed by atoms with Crippen molar-refractivity contribution in [3.8, 4) is 11.8 Å². The first kappa shape index (κ1) is 10.5. The summed E-state index contributed by atoms with van der Waals surface area (Å²) in [6.45, 7) is 1.73. The molecule has 0 aliphatic carbocycles. The van der Waals surface area contributed by atoms with Crippen molar-refractivity contribution < 1.29 is 13.9 Å². The van der Waals surface area contributed by atoms with Crippen LogP contribution < -0.4 is 0 Å². The maximum Gasteiger partial charge on any atom is 0.162 e. The summed E-state index contributed by atoms with van der Waals surface area (Å²) < 4.78 is 25.4. The van der Waals surface area contributed by atoms with Gasteiger partial charge in [-0.15, -0.1) is 0 Å². The van der Waals surface area contributed by atoms with Crippen molar-refractivity contribution in [3.63, 3.8) is 0 Å². The third-order valence-corrected chi connectivity index (χ3v) is 2.01. The lowest BCUT2D eigenvalue weighted by molar-refractivity contribution is 0.444. The highest BCUT2D eigenvalue weighted by Crippen LogP contribution is 2.29. The normalized spacial score (nSPS) is 12.1.